The zero-order valence-electron chi connectivity index (χ0n) is 16.5. The Bertz CT molecular complexity index is 715. The van der Waals surface area contributed by atoms with Gasteiger partial charge in [-0.1, -0.05) is 37.3 Å². The first kappa shape index (κ1) is 22.4. The molecule has 0 unspecified atom stereocenters. The zero-order chi connectivity index (χ0) is 19.1. The molecule has 1 saturated heterocycles. The number of benzene rings is 2. The number of piperidine rings is 1. The smallest absolute Gasteiger partial charge is 0.227 e. The number of carbonyl (C=O) groups is 1. The van der Waals surface area contributed by atoms with Crippen molar-refractivity contribution in [1.29, 1.82) is 0 Å². The molecule has 5 heteroatoms. The lowest BCUT2D eigenvalue weighted by Crippen LogP contribution is -2.48. The number of hydrogen-bond donors (Lipinski definition) is 0. The normalized spacial score (nSPS) is 15.1. The van der Waals surface area contributed by atoms with E-state index in [0.717, 1.165) is 51.0 Å². The van der Waals surface area contributed by atoms with E-state index in [9.17, 15) is 9.18 Å². The summed E-state index contributed by atoms with van der Waals surface area (Å²) >= 11 is 0. The van der Waals surface area contributed by atoms with Crippen LogP contribution in [0.1, 0.15) is 38.2 Å². The van der Waals surface area contributed by atoms with E-state index in [4.69, 9.17) is 0 Å². The minimum Gasteiger partial charge on any atom is -0.309 e. The summed E-state index contributed by atoms with van der Waals surface area (Å²) in [6.07, 6.45) is 4.34. The molecule has 0 aliphatic carbocycles. The van der Waals surface area contributed by atoms with Crippen LogP contribution >= 0.6 is 12.4 Å². The summed E-state index contributed by atoms with van der Waals surface area (Å²) in [5, 5.41) is 0. The molecule has 3 rings (SSSR count). The maximum Gasteiger partial charge on any atom is 0.227 e. The molecule has 152 valence electrons. The van der Waals surface area contributed by atoms with Gasteiger partial charge in [0.15, 0.2) is 0 Å². The van der Waals surface area contributed by atoms with Gasteiger partial charge in [0.2, 0.25) is 5.91 Å². The average molecular weight is 411 g/mol. The van der Waals surface area contributed by atoms with Crippen molar-refractivity contribution in [2.45, 2.75) is 45.1 Å². The van der Waals surface area contributed by atoms with E-state index in [0.29, 0.717) is 6.42 Å². The first-order valence-electron chi connectivity index (χ1n) is 10.0. The molecule has 3 nitrogen and oxygen atoms in total. The van der Waals surface area contributed by atoms with Crippen molar-refractivity contribution in [3.8, 4) is 0 Å². The number of likely N-dealkylation sites (tertiary alicyclic amines) is 1. The van der Waals surface area contributed by atoms with Crippen molar-refractivity contribution in [2.24, 2.45) is 0 Å². The lowest BCUT2D eigenvalue weighted by atomic mass is 10.0. The Labute approximate surface area is 173 Å². The third-order valence-corrected chi connectivity index (χ3v) is 5.32. The lowest BCUT2D eigenvalue weighted by molar-refractivity contribution is -0.119. The number of rotatable bonds is 7. The Kier molecular flexibility index (Phi) is 8.94. The summed E-state index contributed by atoms with van der Waals surface area (Å²) in [6.45, 7) is 5.06. The Morgan fingerprint density at radius 2 is 1.71 bits per heavy atom. The second-order valence-electron chi connectivity index (χ2n) is 7.30. The van der Waals surface area contributed by atoms with Crippen molar-refractivity contribution in [3.63, 3.8) is 0 Å². The van der Waals surface area contributed by atoms with Crippen LogP contribution < -0.4 is 4.90 Å². The molecule has 0 atom stereocenters. The summed E-state index contributed by atoms with van der Waals surface area (Å²) < 4.78 is 13.3. The predicted molar refractivity (Wildman–Crippen MR) is 116 cm³/mol. The standard InChI is InChI=1S/C23H29FN2O.ClH/c1-2-6-23(27)26(21-11-9-20(24)10-12-21)22-14-17-25(18-15-22)16-13-19-7-4-3-5-8-19;/h3-5,7-12,22H,2,6,13-18H2,1H3;1H/i3+1,4+1,5+1,7+1,8+1,19+1;. The van der Waals surface area contributed by atoms with E-state index in [-0.39, 0.29) is 30.2 Å². The minimum absolute atomic E-state index is 0. The van der Waals surface area contributed by atoms with Crippen LogP contribution in [0.3, 0.4) is 0 Å². The molecule has 1 fully saturated rings. The lowest BCUT2D eigenvalue weighted by Gasteiger charge is -2.38. The maximum absolute atomic E-state index is 13.3. The van der Waals surface area contributed by atoms with Gasteiger partial charge in [-0.05, 0) is 55.5 Å². The number of carbonyl (C=O) groups excluding carboxylic acids is 1. The van der Waals surface area contributed by atoms with Gasteiger partial charge in [0.25, 0.3) is 0 Å². The number of halogens is 2. The molecule has 2 aromatic carbocycles. The van der Waals surface area contributed by atoms with Crippen LogP contribution in [0.5, 0.6) is 0 Å². The molecule has 0 saturated carbocycles. The molecule has 2 aromatic rings. The quantitative estimate of drug-likeness (QED) is 0.634. The second-order valence-corrected chi connectivity index (χ2v) is 7.30. The van der Waals surface area contributed by atoms with E-state index < -0.39 is 0 Å². The largest absolute Gasteiger partial charge is 0.309 e. The van der Waals surface area contributed by atoms with Gasteiger partial charge < -0.3 is 9.80 Å². The van der Waals surface area contributed by atoms with Gasteiger partial charge in [0.05, 0.1) is 0 Å². The molecule has 0 radical (unpaired) electrons. The highest BCUT2D eigenvalue weighted by atomic mass is 35.5. The highest BCUT2D eigenvalue weighted by molar-refractivity contribution is 5.93. The van der Waals surface area contributed by atoms with Crippen LogP contribution in [0.25, 0.3) is 0 Å². The Balaban J connectivity index is 0.00000280. The fourth-order valence-electron chi connectivity index (χ4n) is 3.83. The van der Waals surface area contributed by atoms with E-state index in [2.05, 4.69) is 29.2 Å². The third-order valence-electron chi connectivity index (χ3n) is 5.32. The van der Waals surface area contributed by atoms with Crippen LogP contribution in [0.15, 0.2) is 54.6 Å². The summed E-state index contributed by atoms with van der Waals surface area (Å²) in [5.74, 6) is -0.121. The SMILES string of the molecule is CCCC(=O)N(c1ccc(F)cc1)C1CCN(CC[13c]2[13cH][13cH][13cH][13cH][13cH]2)CC1.Cl. The van der Waals surface area contributed by atoms with Gasteiger partial charge in [-0.3, -0.25) is 4.79 Å². The molecular weight excluding hydrogens is 381 g/mol. The monoisotopic (exact) mass is 410 g/mol. The van der Waals surface area contributed by atoms with Crippen LogP contribution in [-0.4, -0.2) is 36.5 Å². The van der Waals surface area contributed by atoms with Crippen LogP contribution in [0, 0.1) is 5.82 Å². The third kappa shape index (κ3) is 6.05. The first-order chi connectivity index (χ1) is 13.2. The second kappa shape index (κ2) is 11.2. The average Bonchev–Trinajstić information content (AvgIpc) is 2.70. The molecule has 0 bridgehead atoms. The van der Waals surface area contributed by atoms with Crippen molar-refractivity contribution < 1.29 is 9.18 Å². The van der Waals surface area contributed by atoms with E-state index in [1.54, 1.807) is 12.1 Å². The van der Waals surface area contributed by atoms with Gasteiger partial charge in [-0.15, -0.1) is 12.4 Å². The van der Waals surface area contributed by atoms with Crippen molar-refractivity contribution in [3.05, 3.63) is 66.0 Å². The minimum atomic E-state index is -0.266. The fraction of sp³-hybridized carbons (Fsp3) is 0.435. The van der Waals surface area contributed by atoms with Crippen molar-refractivity contribution in [2.75, 3.05) is 24.5 Å². The van der Waals surface area contributed by atoms with Gasteiger partial charge in [0.1, 0.15) is 5.82 Å². The number of hydrogen-bond acceptors (Lipinski definition) is 2. The molecule has 1 aliphatic rings. The van der Waals surface area contributed by atoms with Crippen molar-refractivity contribution in [1.82, 2.24) is 4.90 Å². The molecule has 28 heavy (non-hydrogen) atoms. The van der Waals surface area contributed by atoms with E-state index >= 15 is 0 Å². The van der Waals surface area contributed by atoms with E-state index in [1.165, 1.54) is 17.7 Å². The summed E-state index contributed by atoms with van der Waals surface area (Å²) in [6, 6.07) is 17.1. The summed E-state index contributed by atoms with van der Waals surface area (Å²) in [7, 11) is 0. The zero-order valence-corrected chi connectivity index (χ0v) is 17.3. The number of nitrogens with zero attached hydrogens (tertiary/aromatic N) is 2. The highest BCUT2D eigenvalue weighted by Crippen LogP contribution is 2.25. The summed E-state index contributed by atoms with van der Waals surface area (Å²) in [5.41, 5.74) is 2.18. The molecule has 0 spiro atoms. The summed E-state index contributed by atoms with van der Waals surface area (Å²) in [4.78, 5) is 17.1. The Morgan fingerprint density at radius 1 is 1.07 bits per heavy atom. The molecule has 1 amide bonds. The van der Waals surface area contributed by atoms with Gasteiger partial charge in [-0.25, -0.2) is 4.39 Å². The molecule has 1 heterocycles. The van der Waals surface area contributed by atoms with Crippen LogP contribution in [0.4, 0.5) is 10.1 Å². The molecule has 1 aliphatic heterocycles. The van der Waals surface area contributed by atoms with Gasteiger partial charge >= 0.3 is 0 Å². The van der Waals surface area contributed by atoms with Crippen molar-refractivity contribution >= 4 is 24.0 Å². The molecule has 0 N–H and O–H groups in total. The van der Waals surface area contributed by atoms with E-state index in [1.807, 2.05) is 17.9 Å². The topological polar surface area (TPSA) is 23.6 Å². The molecular formula is C23H30ClFN2O. The Hall–Kier alpha value is -1.91. The highest BCUT2D eigenvalue weighted by Gasteiger charge is 2.28. The first-order valence-corrected chi connectivity index (χ1v) is 10.0. The fourth-order valence-corrected chi connectivity index (χ4v) is 3.83. The maximum atomic E-state index is 13.3. The van der Waals surface area contributed by atoms with Crippen LogP contribution in [-0.2, 0) is 11.2 Å². The predicted octanol–water partition coefficient (Wildman–Crippen LogP) is 5.09. The van der Waals surface area contributed by atoms with Crippen LogP contribution in [0.2, 0.25) is 0 Å². The van der Waals surface area contributed by atoms with Gasteiger partial charge in [0, 0.05) is 37.8 Å². The molecule has 0 aromatic heterocycles. The Morgan fingerprint density at radius 3 is 2.32 bits per heavy atom. The number of anilines is 1. The van der Waals surface area contributed by atoms with Gasteiger partial charge in [-0.2, -0.15) is 0 Å². The number of amides is 1.